The highest BCUT2D eigenvalue weighted by atomic mass is 32.2. The number of rotatable bonds is 5. The summed E-state index contributed by atoms with van der Waals surface area (Å²) in [5, 5.41) is 1.03. The van der Waals surface area contributed by atoms with Crippen LogP contribution in [0, 0.1) is 0 Å². The number of nitrogens with one attached hydrogen (secondary N) is 1. The third-order valence-corrected chi connectivity index (χ3v) is 7.39. The molecular weight excluding hydrogens is 384 g/mol. The molecule has 0 spiro atoms. The lowest BCUT2D eigenvalue weighted by molar-refractivity contribution is 0.477. The average molecular weight is 407 g/mol. The van der Waals surface area contributed by atoms with Crippen LogP contribution in [0.25, 0.3) is 22.2 Å². The van der Waals surface area contributed by atoms with E-state index in [1.807, 2.05) is 42.7 Å². The van der Waals surface area contributed by atoms with Gasteiger partial charge in [0.2, 0.25) is 10.0 Å². The Morgan fingerprint density at radius 3 is 2.45 bits per heavy atom. The summed E-state index contributed by atoms with van der Waals surface area (Å²) < 4.78 is 29.2. The lowest BCUT2D eigenvalue weighted by Crippen LogP contribution is -2.27. The maximum absolute atomic E-state index is 12.8. The fourth-order valence-corrected chi connectivity index (χ4v) is 5.49. The van der Waals surface area contributed by atoms with Gasteiger partial charge in [0, 0.05) is 42.8 Å². The SMILES string of the molecule is O=S(=O)(c1ccc(-c2ccnc3[nH]c(Cn4cccc4)cc23)cc1)N1CCCC1. The number of benzene rings is 1. The third kappa shape index (κ3) is 3.36. The van der Waals surface area contributed by atoms with Crippen LogP contribution in [-0.2, 0) is 16.6 Å². The Morgan fingerprint density at radius 1 is 1.00 bits per heavy atom. The van der Waals surface area contributed by atoms with Crippen LogP contribution in [0.3, 0.4) is 0 Å². The standard InChI is InChI=1S/C22H22N4O2S/c27-29(28,26-13-3-4-14-26)19-7-5-17(6-8-19)20-9-10-23-22-21(20)15-18(24-22)16-25-11-1-2-12-25/h1-2,5-12,15H,3-4,13-14,16H2,(H,23,24). The van der Waals surface area contributed by atoms with E-state index in [1.165, 1.54) is 0 Å². The lowest BCUT2D eigenvalue weighted by atomic mass is 10.0. The van der Waals surface area contributed by atoms with E-state index in [4.69, 9.17) is 0 Å². The molecule has 0 unspecified atom stereocenters. The minimum Gasteiger partial charge on any atom is -0.348 e. The van der Waals surface area contributed by atoms with Gasteiger partial charge in [-0.15, -0.1) is 0 Å². The van der Waals surface area contributed by atoms with Gasteiger partial charge in [-0.25, -0.2) is 13.4 Å². The summed E-state index contributed by atoms with van der Waals surface area (Å²) in [5.41, 5.74) is 3.92. The monoisotopic (exact) mass is 406 g/mol. The van der Waals surface area contributed by atoms with Gasteiger partial charge in [0.25, 0.3) is 0 Å². The van der Waals surface area contributed by atoms with Gasteiger partial charge in [-0.3, -0.25) is 0 Å². The molecule has 1 aromatic carbocycles. The number of sulfonamides is 1. The quantitative estimate of drug-likeness (QED) is 0.547. The molecule has 148 valence electrons. The Hall–Kier alpha value is -2.90. The molecule has 0 radical (unpaired) electrons. The van der Waals surface area contributed by atoms with E-state index in [2.05, 4.69) is 20.6 Å². The fourth-order valence-electron chi connectivity index (χ4n) is 3.97. The molecule has 1 saturated heterocycles. The molecule has 5 rings (SSSR count). The van der Waals surface area contributed by atoms with E-state index in [9.17, 15) is 8.42 Å². The van der Waals surface area contributed by atoms with Crippen molar-refractivity contribution in [3.05, 3.63) is 72.8 Å². The van der Waals surface area contributed by atoms with E-state index in [1.54, 1.807) is 22.6 Å². The highest BCUT2D eigenvalue weighted by Gasteiger charge is 2.27. The highest BCUT2D eigenvalue weighted by molar-refractivity contribution is 7.89. The fraction of sp³-hybridized carbons (Fsp3) is 0.227. The highest BCUT2D eigenvalue weighted by Crippen LogP contribution is 2.30. The maximum atomic E-state index is 12.8. The molecule has 4 heterocycles. The Kier molecular flexibility index (Phi) is 4.49. The summed E-state index contributed by atoms with van der Waals surface area (Å²) in [6.07, 6.45) is 7.71. The van der Waals surface area contributed by atoms with Crippen molar-refractivity contribution in [3.63, 3.8) is 0 Å². The molecule has 1 fully saturated rings. The molecule has 0 bridgehead atoms. The number of aromatic amines is 1. The number of pyridine rings is 1. The maximum Gasteiger partial charge on any atom is 0.243 e. The molecule has 1 N–H and O–H groups in total. The summed E-state index contributed by atoms with van der Waals surface area (Å²) in [7, 11) is -3.39. The molecular formula is C22H22N4O2S. The lowest BCUT2D eigenvalue weighted by Gasteiger charge is -2.15. The zero-order valence-electron chi connectivity index (χ0n) is 16.0. The Balaban J connectivity index is 1.48. The molecule has 7 heteroatoms. The van der Waals surface area contributed by atoms with Crippen LogP contribution < -0.4 is 0 Å². The first-order chi connectivity index (χ1) is 14.1. The van der Waals surface area contributed by atoms with Crippen LogP contribution in [0.4, 0.5) is 0 Å². The summed E-state index contributed by atoms with van der Waals surface area (Å²) in [6.45, 7) is 1.97. The number of hydrogen-bond acceptors (Lipinski definition) is 3. The molecule has 6 nitrogen and oxygen atoms in total. The van der Waals surface area contributed by atoms with Gasteiger partial charge in [-0.2, -0.15) is 4.31 Å². The first-order valence-corrected chi connectivity index (χ1v) is 11.2. The number of nitrogens with zero attached hydrogens (tertiary/aromatic N) is 3. The molecule has 0 amide bonds. The van der Waals surface area contributed by atoms with Crippen LogP contribution in [0.1, 0.15) is 18.5 Å². The van der Waals surface area contributed by atoms with E-state index in [0.29, 0.717) is 18.0 Å². The second-order valence-corrected chi connectivity index (χ2v) is 9.34. The van der Waals surface area contributed by atoms with Crippen molar-refractivity contribution in [1.82, 2.24) is 18.8 Å². The Bertz CT molecular complexity index is 1240. The van der Waals surface area contributed by atoms with Crippen LogP contribution in [-0.4, -0.2) is 40.3 Å². The summed E-state index contributed by atoms with van der Waals surface area (Å²) >= 11 is 0. The topological polar surface area (TPSA) is 71.0 Å². The minimum atomic E-state index is -3.39. The molecule has 0 atom stereocenters. The summed E-state index contributed by atoms with van der Waals surface area (Å²) in [4.78, 5) is 8.20. The summed E-state index contributed by atoms with van der Waals surface area (Å²) in [6, 6.07) is 15.3. The van der Waals surface area contributed by atoms with Crippen molar-refractivity contribution >= 4 is 21.1 Å². The molecule has 1 aliphatic rings. The van der Waals surface area contributed by atoms with E-state index in [0.717, 1.165) is 47.2 Å². The molecule has 0 aliphatic carbocycles. The van der Waals surface area contributed by atoms with Gasteiger partial charge in [0.1, 0.15) is 5.65 Å². The molecule has 1 aliphatic heterocycles. The van der Waals surface area contributed by atoms with Crippen molar-refractivity contribution < 1.29 is 8.42 Å². The first kappa shape index (κ1) is 18.1. The van der Waals surface area contributed by atoms with E-state index < -0.39 is 10.0 Å². The van der Waals surface area contributed by atoms with E-state index in [-0.39, 0.29) is 0 Å². The van der Waals surface area contributed by atoms with Crippen molar-refractivity contribution in [2.75, 3.05) is 13.1 Å². The van der Waals surface area contributed by atoms with Gasteiger partial charge in [-0.1, -0.05) is 12.1 Å². The van der Waals surface area contributed by atoms with Crippen LogP contribution in [0.15, 0.2) is 72.0 Å². The Morgan fingerprint density at radius 2 is 1.72 bits per heavy atom. The van der Waals surface area contributed by atoms with Crippen molar-refractivity contribution in [3.8, 4) is 11.1 Å². The molecule has 3 aromatic heterocycles. The van der Waals surface area contributed by atoms with Gasteiger partial charge in [0.05, 0.1) is 11.4 Å². The van der Waals surface area contributed by atoms with Gasteiger partial charge < -0.3 is 9.55 Å². The smallest absolute Gasteiger partial charge is 0.243 e. The second-order valence-electron chi connectivity index (χ2n) is 7.41. The summed E-state index contributed by atoms with van der Waals surface area (Å²) in [5.74, 6) is 0. The molecule has 0 saturated carbocycles. The molecule has 29 heavy (non-hydrogen) atoms. The first-order valence-electron chi connectivity index (χ1n) is 9.79. The normalized spacial score (nSPS) is 15.3. The zero-order valence-corrected chi connectivity index (χ0v) is 16.8. The largest absolute Gasteiger partial charge is 0.348 e. The van der Waals surface area contributed by atoms with Gasteiger partial charge >= 0.3 is 0 Å². The second kappa shape index (κ2) is 7.17. The minimum absolute atomic E-state index is 0.357. The molecule has 4 aromatic rings. The number of aromatic nitrogens is 3. The Labute approximate surface area is 169 Å². The van der Waals surface area contributed by atoms with Crippen molar-refractivity contribution in [2.45, 2.75) is 24.3 Å². The third-order valence-electron chi connectivity index (χ3n) is 5.47. The number of hydrogen-bond donors (Lipinski definition) is 1. The zero-order chi connectivity index (χ0) is 19.8. The number of fused-ring (bicyclic) bond motifs is 1. The van der Waals surface area contributed by atoms with E-state index >= 15 is 0 Å². The van der Waals surface area contributed by atoms with Crippen molar-refractivity contribution in [1.29, 1.82) is 0 Å². The predicted molar refractivity (Wildman–Crippen MR) is 113 cm³/mol. The van der Waals surface area contributed by atoms with Crippen LogP contribution in [0.2, 0.25) is 0 Å². The van der Waals surface area contributed by atoms with Gasteiger partial charge in [-0.05, 0) is 60.4 Å². The predicted octanol–water partition coefficient (Wildman–Crippen LogP) is 3.86. The average Bonchev–Trinajstić information content (AvgIpc) is 3.49. The van der Waals surface area contributed by atoms with Crippen LogP contribution >= 0.6 is 0 Å². The number of H-pyrrole nitrogens is 1. The van der Waals surface area contributed by atoms with Crippen molar-refractivity contribution in [2.24, 2.45) is 0 Å². The van der Waals surface area contributed by atoms with Gasteiger partial charge in [0.15, 0.2) is 0 Å². The van der Waals surface area contributed by atoms with Crippen LogP contribution in [0.5, 0.6) is 0 Å².